The molecule has 0 N–H and O–H groups in total. The van der Waals surface area contributed by atoms with Gasteiger partial charge in [0.25, 0.3) is 0 Å². The lowest BCUT2D eigenvalue weighted by Crippen LogP contribution is -2.50. The highest BCUT2D eigenvalue weighted by Crippen LogP contribution is 2.25. The minimum Gasteiger partial charge on any atom is -0.291 e. The van der Waals surface area contributed by atoms with Gasteiger partial charge in [-0.05, 0) is 51.2 Å². The molecule has 1 aliphatic heterocycles. The molecule has 0 atom stereocenters. The van der Waals surface area contributed by atoms with E-state index in [0.717, 1.165) is 18.0 Å². The first-order chi connectivity index (χ1) is 8.12. The first kappa shape index (κ1) is 12.8. The Morgan fingerprint density at radius 1 is 1.24 bits per heavy atom. The van der Waals surface area contributed by atoms with Gasteiger partial charge in [-0.15, -0.1) is 11.3 Å². The van der Waals surface area contributed by atoms with Crippen LogP contribution >= 0.6 is 11.3 Å². The number of rotatable bonds is 3. The standard InChI is InChI=1S/C14H21NOS/c1-14(2,13(16)12-8-7-11-17-12)15-9-5-3-4-6-10-15/h7-8,11H,3-6,9-10H2,1-2H3. The van der Waals surface area contributed by atoms with Crippen molar-refractivity contribution in [2.24, 2.45) is 0 Å². The van der Waals surface area contributed by atoms with Gasteiger partial charge in [-0.3, -0.25) is 9.69 Å². The fourth-order valence-electron chi connectivity index (χ4n) is 2.48. The summed E-state index contributed by atoms with van der Waals surface area (Å²) in [6, 6.07) is 3.89. The van der Waals surface area contributed by atoms with Gasteiger partial charge in [0.2, 0.25) is 0 Å². The van der Waals surface area contributed by atoms with Gasteiger partial charge in [0, 0.05) is 0 Å². The maximum absolute atomic E-state index is 12.5. The van der Waals surface area contributed by atoms with Gasteiger partial charge in [-0.25, -0.2) is 0 Å². The number of nitrogens with zero attached hydrogens (tertiary/aromatic N) is 1. The molecule has 0 saturated carbocycles. The molecule has 17 heavy (non-hydrogen) atoms. The normalized spacial score (nSPS) is 18.9. The van der Waals surface area contributed by atoms with Crippen molar-refractivity contribution < 1.29 is 4.79 Å². The molecule has 94 valence electrons. The van der Waals surface area contributed by atoms with E-state index >= 15 is 0 Å². The third-order valence-electron chi connectivity index (χ3n) is 3.70. The van der Waals surface area contributed by atoms with Gasteiger partial charge in [-0.1, -0.05) is 18.9 Å². The Morgan fingerprint density at radius 2 is 1.88 bits per heavy atom. The molecule has 0 spiro atoms. The van der Waals surface area contributed by atoms with Crippen molar-refractivity contribution in [1.82, 2.24) is 4.90 Å². The molecule has 2 heterocycles. The molecule has 3 heteroatoms. The lowest BCUT2D eigenvalue weighted by atomic mass is 9.95. The van der Waals surface area contributed by atoms with E-state index in [4.69, 9.17) is 0 Å². The zero-order valence-electron chi connectivity index (χ0n) is 10.7. The molecular weight excluding hydrogens is 230 g/mol. The monoisotopic (exact) mass is 251 g/mol. The Labute approximate surface area is 108 Å². The van der Waals surface area contributed by atoms with E-state index in [1.54, 1.807) is 11.3 Å². The fourth-order valence-corrected chi connectivity index (χ4v) is 3.30. The highest BCUT2D eigenvalue weighted by Gasteiger charge is 2.35. The SMILES string of the molecule is CC(C)(C(=O)c1cccs1)N1CCCCCC1. The van der Waals surface area contributed by atoms with Crippen molar-refractivity contribution in [3.63, 3.8) is 0 Å². The molecule has 0 bridgehead atoms. The largest absolute Gasteiger partial charge is 0.291 e. The summed E-state index contributed by atoms with van der Waals surface area (Å²) < 4.78 is 0. The molecule has 0 amide bonds. The molecule has 0 unspecified atom stereocenters. The van der Waals surface area contributed by atoms with Crippen LogP contribution in [0.3, 0.4) is 0 Å². The lowest BCUT2D eigenvalue weighted by Gasteiger charge is -2.36. The fraction of sp³-hybridized carbons (Fsp3) is 0.643. The minimum atomic E-state index is -0.352. The van der Waals surface area contributed by atoms with Crippen LogP contribution in [0.5, 0.6) is 0 Å². The second-order valence-electron chi connectivity index (χ2n) is 5.27. The number of carbonyl (C=O) groups is 1. The Morgan fingerprint density at radius 3 is 2.41 bits per heavy atom. The summed E-state index contributed by atoms with van der Waals surface area (Å²) in [5.41, 5.74) is -0.352. The number of hydrogen-bond acceptors (Lipinski definition) is 3. The first-order valence-electron chi connectivity index (χ1n) is 6.46. The molecule has 1 saturated heterocycles. The van der Waals surface area contributed by atoms with Crippen molar-refractivity contribution in [3.05, 3.63) is 22.4 Å². The van der Waals surface area contributed by atoms with Crippen molar-refractivity contribution in [2.45, 2.75) is 45.1 Å². The topological polar surface area (TPSA) is 20.3 Å². The van der Waals surface area contributed by atoms with Crippen LogP contribution in [-0.2, 0) is 0 Å². The zero-order chi connectivity index (χ0) is 12.3. The summed E-state index contributed by atoms with van der Waals surface area (Å²) in [7, 11) is 0. The molecule has 1 aliphatic rings. The number of ketones is 1. The summed E-state index contributed by atoms with van der Waals surface area (Å²) in [6.45, 7) is 6.26. The number of hydrogen-bond donors (Lipinski definition) is 0. The molecule has 1 fully saturated rings. The summed E-state index contributed by atoms with van der Waals surface area (Å²) in [5.74, 6) is 0.273. The van der Waals surface area contributed by atoms with Crippen LogP contribution in [0.4, 0.5) is 0 Å². The number of Topliss-reactive ketones (excluding diaryl/α,β-unsaturated/α-hetero) is 1. The van der Waals surface area contributed by atoms with E-state index in [1.807, 2.05) is 17.5 Å². The number of thiophene rings is 1. The molecule has 0 aromatic carbocycles. The van der Waals surface area contributed by atoms with Crippen LogP contribution in [0.15, 0.2) is 17.5 Å². The summed E-state index contributed by atoms with van der Waals surface area (Å²) in [4.78, 5) is 15.8. The minimum absolute atomic E-state index is 0.273. The molecular formula is C14H21NOS. The van der Waals surface area contributed by atoms with Crippen LogP contribution in [0.2, 0.25) is 0 Å². The summed E-state index contributed by atoms with van der Waals surface area (Å²) >= 11 is 1.55. The van der Waals surface area contributed by atoms with Gasteiger partial charge in [0.05, 0.1) is 10.4 Å². The van der Waals surface area contributed by atoms with Gasteiger partial charge in [-0.2, -0.15) is 0 Å². The third-order valence-corrected chi connectivity index (χ3v) is 4.57. The van der Waals surface area contributed by atoms with Crippen LogP contribution < -0.4 is 0 Å². The molecule has 2 rings (SSSR count). The van der Waals surface area contributed by atoms with Crippen LogP contribution in [0, 0.1) is 0 Å². The van der Waals surface area contributed by atoms with E-state index in [9.17, 15) is 4.79 Å². The first-order valence-corrected chi connectivity index (χ1v) is 7.34. The zero-order valence-corrected chi connectivity index (χ0v) is 11.6. The molecule has 1 aromatic rings. The van der Waals surface area contributed by atoms with Gasteiger partial charge in [0.15, 0.2) is 5.78 Å². The van der Waals surface area contributed by atoms with Gasteiger partial charge >= 0.3 is 0 Å². The maximum atomic E-state index is 12.5. The quantitative estimate of drug-likeness (QED) is 0.765. The van der Waals surface area contributed by atoms with E-state index in [1.165, 1.54) is 25.7 Å². The highest BCUT2D eigenvalue weighted by atomic mass is 32.1. The van der Waals surface area contributed by atoms with Crippen LogP contribution in [0.25, 0.3) is 0 Å². The van der Waals surface area contributed by atoms with E-state index < -0.39 is 0 Å². The predicted molar refractivity (Wildman–Crippen MR) is 72.8 cm³/mol. The second-order valence-corrected chi connectivity index (χ2v) is 6.21. The predicted octanol–water partition coefficient (Wildman–Crippen LogP) is 3.59. The Balaban J connectivity index is 2.13. The van der Waals surface area contributed by atoms with Crippen molar-refractivity contribution in [2.75, 3.05) is 13.1 Å². The van der Waals surface area contributed by atoms with Crippen LogP contribution in [-0.4, -0.2) is 29.3 Å². The number of likely N-dealkylation sites (tertiary alicyclic amines) is 1. The van der Waals surface area contributed by atoms with Gasteiger partial charge < -0.3 is 0 Å². The Hall–Kier alpha value is -0.670. The van der Waals surface area contributed by atoms with Crippen LogP contribution in [0.1, 0.15) is 49.2 Å². The maximum Gasteiger partial charge on any atom is 0.192 e. The molecule has 2 nitrogen and oxygen atoms in total. The van der Waals surface area contributed by atoms with E-state index in [0.29, 0.717) is 0 Å². The molecule has 1 aromatic heterocycles. The summed E-state index contributed by atoms with van der Waals surface area (Å²) in [5, 5.41) is 1.98. The van der Waals surface area contributed by atoms with E-state index in [-0.39, 0.29) is 11.3 Å². The van der Waals surface area contributed by atoms with Crippen molar-refractivity contribution in [1.29, 1.82) is 0 Å². The molecule has 0 aliphatic carbocycles. The Kier molecular flexibility index (Phi) is 4.00. The van der Waals surface area contributed by atoms with Crippen molar-refractivity contribution in [3.8, 4) is 0 Å². The smallest absolute Gasteiger partial charge is 0.192 e. The molecule has 0 radical (unpaired) electrons. The van der Waals surface area contributed by atoms with Crippen molar-refractivity contribution >= 4 is 17.1 Å². The van der Waals surface area contributed by atoms with Gasteiger partial charge in [0.1, 0.15) is 0 Å². The summed E-state index contributed by atoms with van der Waals surface area (Å²) in [6.07, 6.45) is 5.06. The second kappa shape index (κ2) is 5.32. The lowest BCUT2D eigenvalue weighted by molar-refractivity contribution is 0.0654. The average Bonchev–Trinajstić information content (AvgIpc) is 2.69. The third kappa shape index (κ3) is 2.78. The highest BCUT2D eigenvalue weighted by molar-refractivity contribution is 7.12. The Bertz CT molecular complexity index is 362. The number of carbonyl (C=O) groups excluding carboxylic acids is 1. The average molecular weight is 251 g/mol. The van der Waals surface area contributed by atoms with E-state index in [2.05, 4.69) is 18.7 Å².